The summed E-state index contributed by atoms with van der Waals surface area (Å²) in [5.74, 6) is -0.0989. The van der Waals surface area contributed by atoms with Gasteiger partial charge in [-0.3, -0.25) is 4.79 Å². The van der Waals surface area contributed by atoms with Gasteiger partial charge >= 0.3 is 6.09 Å². The normalized spacial score (nSPS) is 12.9. The van der Waals surface area contributed by atoms with Crippen molar-refractivity contribution in [2.45, 2.75) is 40.7 Å². The summed E-state index contributed by atoms with van der Waals surface area (Å²) < 4.78 is 4.96. The van der Waals surface area contributed by atoms with Crippen molar-refractivity contribution in [1.82, 2.24) is 5.32 Å². The van der Waals surface area contributed by atoms with Gasteiger partial charge in [-0.25, -0.2) is 4.79 Å². The minimum absolute atomic E-state index is 0.0502. The molecule has 0 fully saturated rings. The Bertz CT molecular complexity index is 540. The van der Waals surface area contributed by atoms with Crippen LogP contribution in [0.25, 0.3) is 0 Å². The fraction of sp³-hybridized carbons (Fsp3) is 0.529. The van der Waals surface area contributed by atoms with E-state index >= 15 is 0 Å². The molecule has 0 bridgehead atoms. The van der Waals surface area contributed by atoms with E-state index in [9.17, 15) is 9.59 Å². The van der Waals surface area contributed by atoms with Crippen LogP contribution in [0.3, 0.4) is 0 Å². The van der Waals surface area contributed by atoms with Gasteiger partial charge in [-0.15, -0.1) is 0 Å². The van der Waals surface area contributed by atoms with Crippen molar-refractivity contribution in [2.75, 3.05) is 6.61 Å². The number of rotatable bonds is 6. The summed E-state index contributed by atoms with van der Waals surface area (Å²) >= 11 is 6.27. The molecule has 1 N–H and O–H groups in total. The number of halogens is 1. The molecule has 1 amide bonds. The van der Waals surface area contributed by atoms with Gasteiger partial charge in [0.15, 0.2) is 0 Å². The molecule has 122 valence electrons. The SMILES string of the molecule is CCOC(=O)NC(c1ccccc1Cl)C(C)(C)C(=O)C(C)C. The molecule has 0 saturated heterocycles. The molecule has 1 rings (SSSR count). The zero-order valence-electron chi connectivity index (χ0n) is 13.8. The number of carbonyl (C=O) groups is 2. The Labute approximate surface area is 137 Å². The summed E-state index contributed by atoms with van der Waals surface area (Å²) in [5, 5.41) is 3.29. The lowest BCUT2D eigenvalue weighted by Gasteiger charge is -2.35. The first-order valence-electron chi connectivity index (χ1n) is 7.43. The Kier molecular flexibility index (Phi) is 6.42. The minimum Gasteiger partial charge on any atom is -0.450 e. The summed E-state index contributed by atoms with van der Waals surface area (Å²) in [7, 11) is 0. The number of Topliss-reactive ketones (excluding diaryl/α,β-unsaturated/α-hetero) is 1. The second-order valence-corrected chi connectivity index (χ2v) is 6.47. The average molecular weight is 326 g/mol. The van der Waals surface area contributed by atoms with Gasteiger partial charge in [-0.1, -0.05) is 57.5 Å². The summed E-state index contributed by atoms with van der Waals surface area (Å²) in [5.41, 5.74) is -0.109. The average Bonchev–Trinajstić information content (AvgIpc) is 2.45. The van der Waals surface area contributed by atoms with Crippen LogP contribution in [-0.2, 0) is 9.53 Å². The van der Waals surface area contributed by atoms with Crippen molar-refractivity contribution >= 4 is 23.5 Å². The van der Waals surface area contributed by atoms with Gasteiger partial charge in [-0.05, 0) is 18.6 Å². The number of amides is 1. The van der Waals surface area contributed by atoms with Gasteiger partial charge in [0.05, 0.1) is 12.6 Å². The van der Waals surface area contributed by atoms with E-state index in [0.717, 1.165) is 0 Å². The topological polar surface area (TPSA) is 55.4 Å². The minimum atomic E-state index is -0.814. The monoisotopic (exact) mass is 325 g/mol. The zero-order valence-corrected chi connectivity index (χ0v) is 14.5. The Morgan fingerprint density at radius 3 is 2.36 bits per heavy atom. The second kappa shape index (κ2) is 7.63. The molecule has 1 unspecified atom stereocenters. The van der Waals surface area contributed by atoms with E-state index in [1.54, 1.807) is 13.0 Å². The fourth-order valence-corrected chi connectivity index (χ4v) is 2.78. The van der Waals surface area contributed by atoms with Crippen LogP contribution in [0.15, 0.2) is 24.3 Å². The van der Waals surface area contributed by atoms with Crippen LogP contribution >= 0.6 is 11.6 Å². The van der Waals surface area contributed by atoms with E-state index < -0.39 is 17.6 Å². The Balaban J connectivity index is 3.25. The molecule has 0 aliphatic heterocycles. The van der Waals surface area contributed by atoms with Crippen molar-refractivity contribution in [3.63, 3.8) is 0 Å². The molecule has 1 aromatic carbocycles. The third-order valence-corrected chi connectivity index (χ3v) is 3.98. The predicted molar refractivity (Wildman–Crippen MR) is 88.0 cm³/mol. The van der Waals surface area contributed by atoms with Crippen LogP contribution in [-0.4, -0.2) is 18.5 Å². The van der Waals surface area contributed by atoms with E-state index in [0.29, 0.717) is 10.6 Å². The second-order valence-electron chi connectivity index (χ2n) is 6.06. The van der Waals surface area contributed by atoms with Gasteiger partial charge in [0, 0.05) is 16.4 Å². The van der Waals surface area contributed by atoms with Gasteiger partial charge in [-0.2, -0.15) is 0 Å². The fourth-order valence-electron chi connectivity index (χ4n) is 2.53. The van der Waals surface area contributed by atoms with Gasteiger partial charge in [0.1, 0.15) is 5.78 Å². The van der Waals surface area contributed by atoms with E-state index in [1.807, 2.05) is 45.9 Å². The third kappa shape index (κ3) is 4.23. The standard InChI is InChI=1S/C17H24ClNO3/c1-6-22-16(21)19-14(12-9-7-8-10-13(12)18)17(4,5)15(20)11(2)3/h7-11,14H,6H2,1-5H3,(H,19,21). The smallest absolute Gasteiger partial charge is 0.407 e. The first kappa shape index (κ1) is 18.5. The maximum absolute atomic E-state index is 12.6. The molecule has 0 aliphatic rings. The van der Waals surface area contributed by atoms with Crippen LogP contribution in [0.1, 0.15) is 46.2 Å². The van der Waals surface area contributed by atoms with Crippen molar-refractivity contribution in [3.8, 4) is 0 Å². The number of ketones is 1. The molecule has 0 saturated carbocycles. The maximum Gasteiger partial charge on any atom is 0.407 e. The van der Waals surface area contributed by atoms with E-state index in [2.05, 4.69) is 5.32 Å². The molecule has 4 nitrogen and oxygen atoms in total. The molecular weight excluding hydrogens is 302 g/mol. The van der Waals surface area contributed by atoms with Crippen molar-refractivity contribution in [3.05, 3.63) is 34.9 Å². The maximum atomic E-state index is 12.6. The lowest BCUT2D eigenvalue weighted by atomic mass is 9.73. The molecular formula is C17H24ClNO3. The van der Waals surface area contributed by atoms with Crippen molar-refractivity contribution < 1.29 is 14.3 Å². The number of benzene rings is 1. The van der Waals surface area contributed by atoms with Gasteiger partial charge in [0.2, 0.25) is 0 Å². The van der Waals surface area contributed by atoms with Crippen LogP contribution in [0.5, 0.6) is 0 Å². The molecule has 5 heteroatoms. The van der Waals surface area contributed by atoms with Gasteiger partial charge < -0.3 is 10.1 Å². The number of hydrogen-bond acceptors (Lipinski definition) is 3. The van der Waals surface area contributed by atoms with E-state index in [4.69, 9.17) is 16.3 Å². The Morgan fingerprint density at radius 2 is 1.86 bits per heavy atom. The summed E-state index contributed by atoms with van der Waals surface area (Å²) in [6, 6.07) is 6.64. The highest BCUT2D eigenvalue weighted by Crippen LogP contribution is 2.39. The Hall–Kier alpha value is -1.55. The van der Waals surface area contributed by atoms with Crippen molar-refractivity contribution in [2.24, 2.45) is 11.3 Å². The van der Waals surface area contributed by atoms with Crippen LogP contribution in [0.2, 0.25) is 5.02 Å². The lowest BCUT2D eigenvalue weighted by molar-refractivity contribution is -0.131. The molecule has 22 heavy (non-hydrogen) atoms. The molecule has 0 aliphatic carbocycles. The van der Waals surface area contributed by atoms with Crippen LogP contribution < -0.4 is 5.32 Å². The van der Waals surface area contributed by atoms with Crippen molar-refractivity contribution in [1.29, 1.82) is 0 Å². The third-order valence-electron chi connectivity index (χ3n) is 3.63. The molecule has 0 heterocycles. The first-order valence-corrected chi connectivity index (χ1v) is 7.81. The molecule has 1 aromatic rings. The van der Waals surface area contributed by atoms with Crippen LogP contribution in [0.4, 0.5) is 4.79 Å². The van der Waals surface area contributed by atoms with Crippen LogP contribution in [0, 0.1) is 11.3 Å². The molecule has 1 atom stereocenters. The first-order chi connectivity index (χ1) is 10.2. The highest BCUT2D eigenvalue weighted by Gasteiger charge is 2.40. The number of hydrogen-bond donors (Lipinski definition) is 1. The number of alkyl carbamates (subject to hydrolysis) is 1. The lowest BCUT2D eigenvalue weighted by Crippen LogP contribution is -2.44. The Morgan fingerprint density at radius 1 is 1.27 bits per heavy atom. The number of ether oxygens (including phenoxy) is 1. The summed E-state index contributed by atoms with van der Waals surface area (Å²) in [6.07, 6.45) is -0.558. The predicted octanol–water partition coefficient (Wildman–Crippen LogP) is 4.38. The highest BCUT2D eigenvalue weighted by molar-refractivity contribution is 6.31. The quantitative estimate of drug-likeness (QED) is 0.844. The molecule has 0 radical (unpaired) electrons. The molecule has 0 spiro atoms. The van der Waals surface area contributed by atoms with E-state index in [1.165, 1.54) is 0 Å². The molecule has 0 aromatic heterocycles. The number of nitrogens with one attached hydrogen (secondary N) is 1. The van der Waals surface area contributed by atoms with Gasteiger partial charge in [0.25, 0.3) is 0 Å². The van der Waals surface area contributed by atoms with E-state index in [-0.39, 0.29) is 18.3 Å². The highest BCUT2D eigenvalue weighted by atomic mass is 35.5. The number of carbonyl (C=O) groups excluding carboxylic acids is 2. The summed E-state index contributed by atoms with van der Waals surface area (Å²) in [4.78, 5) is 24.5. The zero-order chi connectivity index (χ0) is 16.9. The summed E-state index contributed by atoms with van der Waals surface area (Å²) in [6.45, 7) is 9.31. The largest absolute Gasteiger partial charge is 0.450 e.